The number of amides is 1. The molecular formula is C46H53BCl2F3N6O4U. The molecule has 17 heteroatoms. The number of aromatic nitrogens is 2. The van der Waals surface area contributed by atoms with Gasteiger partial charge in [-0.15, -0.1) is 0 Å². The van der Waals surface area contributed by atoms with E-state index in [9.17, 15) is 22.8 Å². The van der Waals surface area contributed by atoms with Gasteiger partial charge in [0.1, 0.15) is 0 Å². The molecule has 2 aliphatic heterocycles. The fourth-order valence-electron chi connectivity index (χ4n) is 7.29. The van der Waals surface area contributed by atoms with E-state index in [4.69, 9.17) is 35.8 Å². The van der Waals surface area contributed by atoms with Gasteiger partial charge in [0.2, 0.25) is 6.29 Å². The van der Waals surface area contributed by atoms with Gasteiger partial charge in [-0.1, -0.05) is 83.9 Å². The Labute approximate surface area is 404 Å². The molecule has 333 valence electrons. The summed E-state index contributed by atoms with van der Waals surface area (Å²) in [4.78, 5) is 45.7. The standard InChI is InChI=1S/C22H24ClN3O.C13H20N2.C9H6ClNO2.C2HF3O.BH2.U/c1-15-13-26(16(2)12-25(15)14-17-6-4-3-5-7-17)22(27)19-10-18-8-9-24-21(18)11-20(19)23;1-11-9-15(12(2)8-14-11)10-13-6-4-3-5-7-13;10-7-4-8-5(1-2-11-8)3-6(7)9(12)13;3-2(4,5)1-6;;/h3-11,15-16,24H,12-14H2,1-2H3;3-7,11-12,14H,8-10H2,1-2H3;1-4,11H,(H,12,13);1H;1H2;/t15-,16+;11-,12+;;;;/m01..../s1/i;;;;1T2;. The molecule has 4 N–H and O–H groups in total. The summed E-state index contributed by atoms with van der Waals surface area (Å²) in [6, 6.07) is 33.6. The van der Waals surface area contributed by atoms with Gasteiger partial charge in [0.15, 0.2) is 0 Å². The molecule has 0 aliphatic carbocycles. The van der Waals surface area contributed by atoms with Crippen LogP contribution in [0.1, 0.15) is 59.5 Å². The third-order valence-electron chi connectivity index (χ3n) is 10.6. The van der Waals surface area contributed by atoms with Crippen LogP contribution in [0.5, 0.6) is 0 Å². The molecule has 1 radical (unpaired) electrons. The Hall–Kier alpha value is -4.06. The van der Waals surface area contributed by atoms with Crippen LogP contribution in [0.25, 0.3) is 21.8 Å². The molecule has 0 spiro atoms. The number of hydrogen-bond donors (Lipinski definition) is 4. The first-order valence-electron chi connectivity index (χ1n) is 21.1. The average molecular weight is 1130 g/mol. The number of alkyl halides is 3. The topological polar surface area (TPSA) is 125 Å². The van der Waals surface area contributed by atoms with Gasteiger partial charge in [-0.2, -0.15) is 13.2 Å². The quantitative estimate of drug-likeness (QED) is 0.0972. The largest absolute Gasteiger partial charge is 0.478 e. The molecule has 2 saturated heterocycles. The molecule has 4 atom stereocenters. The predicted octanol–water partition coefficient (Wildman–Crippen LogP) is 8.78. The second kappa shape index (κ2) is 24.9. The first kappa shape index (κ1) is 49.9. The van der Waals surface area contributed by atoms with E-state index in [2.05, 4.69) is 107 Å². The molecule has 6 aromatic rings. The summed E-state index contributed by atoms with van der Waals surface area (Å²) in [6.45, 7) is 14.6. The van der Waals surface area contributed by atoms with Gasteiger partial charge in [-0.3, -0.25) is 19.4 Å². The van der Waals surface area contributed by atoms with Gasteiger partial charge in [0.05, 0.1) is 29.5 Å². The minimum atomic E-state index is -4.64. The molecule has 0 unspecified atom stereocenters. The second-order valence-electron chi connectivity index (χ2n) is 15.4. The number of fused-ring (bicyclic) bond motifs is 2. The number of aldehydes is 1. The van der Waals surface area contributed by atoms with Crippen LogP contribution in [0.15, 0.2) is 109 Å². The van der Waals surface area contributed by atoms with Gasteiger partial charge in [0, 0.05) is 129 Å². The number of carboxylic acid groups (broad SMARTS) is 1. The van der Waals surface area contributed by atoms with Gasteiger partial charge < -0.3 is 25.3 Å². The molecular weight excluding hydrogens is 1080 g/mol. The zero-order chi connectivity index (χ0) is 47.0. The number of carbonyl (C=O) groups is 3. The van der Waals surface area contributed by atoms with Crippen molar-refractivity contribution in [2.75, 3.05) is 26.2 Å². The van der Waals surface area contributed by atoms with E-state index < -0.39 is 18.4 Å². The van der Waals surface area contributed by atoms with Crippen molar-refractivity contribution in [3.05, 3.63) is 142 Å². The molecule has 2 aliphatic rings. The van der Waals surface area contributed by atoms with Crippen molar-refractivity contribution in [2.24, 2.45) is 0 Å². The van der Waals surface area contributed by atoms with E-state index in [1.54, 1.807) is 24.4 Å². The first-order valence-corrected chi connectivity index (χ1v) is 20.7. The van der Waals surface area contributed by atoms with Crippen molar-refractivity contribution in [3.63, 3.8) is 0 Å². The maximum Gasteiger partial charge on any atom is 0.446 e. The Kier molecular flexibility index (Phi) is 19.7. The van der Waals surface area contributed by atoms with E-state index in [1.165, 1.54) is 11.1 Å². The SMILES string of the molecule is C[C@@H]1CN(Cc2ccccc2)[C@@H](C)CN1.C[C@@H]1CN(Cc2ccccc2)[C@@H](C)CN1C(=O)c1cc2cc[nH]c2cc1Cl.O=C(O)c1cc2cc[nH]c2cc1Cl.O=CC(F)(F)F.[3H][B][3H].[U]. The summed E-state index contributed by atoms with van der Waals surface area (Å²) >= 11 is 12.2. The molecule has 2 aromatic heterocycles. The van der Waals surface area contributed by atoms with Crippen molar-refractivity contribution < 1.29 is 63.8 Å². The number of halogens is 5. The van der Waals surface area contributed by atoms with E-state index in [1.807, 2.05) is 35.4 Å². The van der Waals surface area contributed by atoms with E-state index in [-0.39, 0.29) is 53.6 Å². The van der Waals surface area contributed by atoms with Crippen LogP contribution in [-0.2, 0) is 17.9 Å². The third-order valence-corrected chi connectivity index (χ3v) is 11.2. The Morgan fingerprint density at radius 3 is 1.70 bits per heavy atom. The molecule has 0 bridgehead atoms. The minimum Gasteiger partial charge on any atom is -0.478 e. The molecule has 1 amide bonds. The number of aromatic amines is 2. The summed E-state index contributed by atoms with van der Waals surface area (Å²) in [5, 5.41) is 14.9. The van der Waals surface area contributed by atoms with E-state index in [0.717, 1.165) is 54.5 Å². The number of H-pyrrole nitrogens is 2. The first-order chi connectivity index (χ1) is 30.4. The summed E-state index contributed by atoms with van der Waals surface area (Å²) in [5.41, 5.74) is 5.23. The number of aromatic carboxylic acids is 1. The van der Waals surface area contributed by atoms with Gasteiger partial charge >= 0.3 is 12.1 Å². The maximum atomic E-state index is 13.2. The van der Waals surface area contributed by atoms with Gasteiger partial charge in [-0.25, -0.2) is 4.79 Å². The van der Waals surface area contributed by atoms with Gasteiger partial charge in [-0.05, 0) is 77.9 Å². The number of carbonyl (C=O) groups excluding carboxylic acids is 2. The summed E-state index contributed by atoms with van der Waals surface area (Å²) in [5.74, 6) is -0.991. The molecule has 63 heavy (non-hydrogen) atoms. The Balaban J connectivity index is 0.000000251. The number of nitrogens with zero attached hydrogens (tertiary/aromatic N) is 3. The number of hydrogen-bond acceptors (Lipinski definition) is 6. The van der Waals surface area contributed by atoms with Crippen molar-refractivity contribution in [1.29, 1.82) is 2.67 Å². The van der Waals surface area contributed by atoms with Crippen molar-refractivity contribution in [1.82, 2.24) is 30.0 Å². The van der Waals surface area contributed by atoms with Crippen LogP contribution in [0.2, 0.25) is 10.0 Å². The fourth-order valence-corrected chi connectivity index (χ4v) is 7.77. The number of nitrogens with one attached hydrogen (secondary N) is 3. The van der Waals surface area contributed by atoms with Gasteiger partial charge in [0.25, 0.3) is 5.91 Å². The molecule has 2 fully saturated rings. The molecule has 4 aromatic carbocycles. The normalized spacial score (nSPS) is 19.1. The van der Waals surface area contributed by atoms with Crippen LogP contribution in [-0.4, -0.2) is 115 Å². The zero-order valence-corrected chi connectivity index (χ0v) is 41.2. The number of carboxylic acids is 1. The van der Waals surface area contributed by atoms with Crippen LogP contribution < -0.4 is 5.32 Å². The van der Waals surface area contributed by atoms with Crippen molar-refractivity contribution in [3.8, 4) is 0 Å². The van der Waals surface area contributed by atoms with Crippen LogP contribution >= 0.6 is 23.2 Å². The van der Waals surface area contributed by atoms with Crippen LogP contribution in [0, 0.1) is 31.1 Å². The van der Waals surface area contributed by atoms with Crippen molar-refractivity contribution >= 4 is 71.5 Å². The molecule has 8 rings (SSSR count). The Morgan fingerprint density at radius 1 is 0.762 bits per heavy atom. The summed E-state index contributed by atoms with van der Waals surface area (Å²) < 4.78 is 42.8. The average Bonchev–Trinajstić information content (AvgIpc) is 3.93. The molecule has 4 heterocycles. The monoisotopic (exact) mass is 1130 g/mol. The maximum absolute atomic E-state index is 13.2. The summed E-state index contributed by atoms with van der Waals surface area (Å²) in [7, 11) is 0.500. The Bertz CT molecular complexity index is 2400. The number of piperazine rings is 2. The van der Waals surface area contributed by atoms with Crippen LogP contribution in [0.3, 0.4) is 0 Å². The Morgan fingerprint density at radius 2 is 1.22 bits per heavy atom. The van der Waals surface area contributed by atoms with E-state index in [0.29, 0.717) is 43.6 Å². The van der Waals surface area contributed by atoms with Crippen LogP contribution in [0.4, 0.5) is 13.2 Å². The second-order valence-corrected chi connectivity index (χ2v) is 16.2. The van der Waals surface area contributed by atoms with E-state index >= 15 is 0 Å². The molecule has 10 nitrogen and oxygen atoms in total. The van der Waals surface area contributed by atoms with Crippen molar-refractivity contribution in [2.45, 2.75) is 71.1 Å². The minimum absolute atomic E-state index is 0. The number of benzene rings is 4. The fraction of sp³-hybridized carbons (Fsp3) is 0.326. The smallest absolute Gasteiger partial charge is 0.446 e. The molecule has 0 saturated carbocycles. The zero-order valence-electron chi connectivity index (χ0n) is 37.5. The predicted molar refractivity (Wildman–Crippen MR) is 245 cm³/mol. The number of rotatable bonds is 6. The third kappa shape index (κ3) is 15.6. The summed E-state index contributed by atoms with van der Waals surface area (Å²) in [6.07, 6.45) is -2.10.